The first kappa shape index (κ1) is 12.2. The van der Waals surface area contributed by atoms with Crippen LogP contribution in [-0.4, -0.2) is 28.1 Å². The number of rotatable bonds is 4. The van der Waals surface area contributed by atoms with Crippen LogP contribution in [0.2, 0.25) is 0 Å². The van der Waals surface area contributed by atoms with Crippen LogP contribution in [0.3, 0.4) is 0 Å². The first-order valence-corrected chi connectivity index (χ1v) is 7.17. The average Bonchev–Trinajstić information content (AvgIpc) is 2.14. The Morgan fingerprint density at radius 2 is 2.12 bits per heavy atom. The molecule has 6 heteroatoms. The highest BCUT2D eigenvalue weighted by Crippen LogP contribution is 2.30. The Labute approximate surface area is 102 Å². The quantitative estimate of drug-likeness (QED) is 0.780. The number of nitrogen functional groups attached to an aromatic ring is 1. The van der Waals surface area contributed by atoms with E-state index >= 15 is 0 Å². The molecule has 0 aromatic heterocycles. The fourth-order valence-electron chi connectivity index (χ4n) is 1.83. The number of hydrogen-bond donors (Lipinski definition) is 2. The lowest BCUT2D eigenvalue weighted by molar-refractivity contribution is 0.578. The maximum atomic E-state index is 12.0. The van der Waals surface area contributed by atoms with Gasteiger partial charge in [-0.1, -0.05) is 6.92 Å². The average molecular weight is 255 g/mol. The number of nitrogens with one attached hydrogen (secondary N) is 1. The molecule has 0 amide bonds. The summed E-state index contributed by atoms with van der Waals surface area (Å²) in [5.41, 5.74) is 7.01. The van der Waals surface area contributed by atoms with Gasteiger partial charge in [0.05, 0.1) is 5.69 Å². The van der Waals surface area contributed by atoms with Crippen molar-refractivity contribution < 1.29 is 8.42 Å². The SMILES string of the molecule is CCNS(=O)(=O)c1ccc(N)cc1N1CCC1. The van der Waals surface area contributed by atoms with Gasteiger partial charge < -0.3 is 10.6 Å². The van der Waals surface area contributed by atoms with Crippen molar-refractivity contribution in [1.29, 1.82) is 0 Å². The lowest BCUT2D eigenvalue weighted by atomic mass is 10.1. The Morgan fingerprint density at radius 1 is 1.41 bits per heavy atom. The maximum absolute atomic E-state index is 12.0. The topological polar surface area (TPSA) is 75.4 Å². The van der Waals surface area contributed by atoms with Gasteiger partial charge in [-0.05, 0) is 24.6 Å². The van der Waals surface area contributed by atoms with Gasteiger partial charge in [-0.15, -0.1) is 0 Å². The van der Waals surface area contributed by atoms with Gasteiger partial charge in [-0.2, -0.15) is 0 Å². The van der Waals surface area contributed by atoms with E-state index in [1.807, 2.05) is 4.90 Å². The van der Waals surface area contributed by atoms with Gasteiger partial charge in [0.2, 0.25) is 10.0 Å². The fourth-order valence-corrected chi connectivity index (χ4v) is 3.08. The van der Waals surface area contributed by atoms with Crippen molar-refractivity contribution in [2.75, 3.05) is 30.3 Å². The van der Waals surface area contributed by atoms with Crippen LogP contribution in [0.15, 0.2) is 23.1 Å². The zero-order valence-corrected chi connectivity index (χ0v) is 10.6. The summed E-state index contributed by atoms with van der Waals surface area (Å²) in [6, 6.07) is 4.91. The monoisotopic (exact) mass is 255 g/mol. The first-order chi connectivity index (χ1) is 8.04. The van der Waals surface area contributed by atoms with E-state index in [0.29, 0.717) is 22.8 Å². The molecule has 0 aliphatic carbocycles. The van der Waals surface area contributed by atoms with E-state index in [0.717, 1.165) is 19.5 Å². The molecular formula is C11H17N3O2S. The molecule has 0 saturated carbocycles. The highest BCUT2D eigenvalue weighted by Gasteiger charge is 2.24. The molecule has 2 rings (SSSR count). The summed E-state index contributed by atoms with van der Waals surface area (Å²) in [5, 5.41) is 0. The molecule has 1 fully saturated rings. The standard InChI is InChI=1S/C11H17N3O2S/c1-2-13-17(15,16)11-5-4-9(12)8-10(11)14-6-3-7-14/h4-5,8,13H,2-3,6-7,12H2,1H3. The van der Waals surface area contributed by atoms with E-state index in [1.165, 1.54) is 0 Å². The fraction of sp³-hybridized carbons (Fsp3) is 0.455. The summed E-state index contributed by atoms with van der Waals surface area (Å²) >= 11 is 0. The molecule has 1 aromatic carbocycles. The Hall–Kier alpha value is -1.27. The zero-order valence-electron chi connectivity index (χ0n) is 9.81. The molecule has 0 bridgehead atoms. The van der Waals surface area contributed by atoms with E-state index in [4.69, 9.17) is 5.73 Å². The third-order valence-electron chi connectivity index (χ3n) is 2.80. The molecule has 17 heavy (non-hydrogen) atoms. The first-order valence-electron chi connectivity index (χ1n) is 5.69. The molecule has 1 saturated heterocycles. The number of nitrogens with two attached hydrogens (primary N) is 1. The van der Waals surface area contributed by atoms with Crippen LogP contribution in [-0.2, 0) is 10.0 Å². The minimum Gasteiger partial charge on any atom is -0.399 e. The number of hydrogen-bond acceptors (Lipinski definition) is 4. The third-order valence-corrected chi connectivity index (χ3v) is 4.40. The van der Waals surface area contributed by atoms with Gasteiger partial charge in [0.25, 0.3) is 0 Å². The molecule has 5 nitrogen and oxygen atoms in total. The van der Waals surface area contributed by atoms with E-state index in [-0.39, 0.29) is 0 Å². The van der Waals surface area contributed by atoms with Crippen LogP contribution < -0.4 is 15.4 Å². The van der Waals surface area contributed by atoms with Crippen molar-refractivity contribution in [2.45, 2.75) is 18.2 Å². The van der Waals surface area contributed by atoms with Crippen LogP contribution in [0, 0.1) is 0 Å². The summed E-state index contributed by atoms with van der Waals surface area (Å²) in [4.78, 5) is 2.34. The lowest BCUT2D eigenvalue weighted by Gasteiger charge is -2.34. The minimum atomic E-state index is -3.43. The molecule has 0 spiro atoms. The van der Waals surface area contributed by atoms with Crippen LogP contribution in [0.1, 0.15) is 13.3 Å². The molecule has 3 N–H and O–H groups in total. The van der Waals surface area contributed by atoms with Crippen LogP contribution >= 0.6 is 0 Å². The van der Waals surface area contributed by atoms with E-state index in [9.17, 15) is 8.42 Å². The van der Waals surface area contributed by atoms with Crippen molar-refractivity contribution in [3.05, 3.63) is 18.2 Å². The van der Waals surface area contributed by atoms with Crippen molar-refractivity contribution in [3.63, 3.8) is 0 Å². The molecule has 1 aromatic rings. The van der Waals surface area contributed by atoms with E-state index in [1.54, 1.807) is 25.1 Å². The van der Waals surface area contributed by atoms with Gasteiger partial charge in [0.15, 0.2) is 0 Å². The van der Waals surface area contributed by atoms with E-state index in [2.05, 4.69) is 4.72 Å². The van der Waals surface area contributed by atoms with Crippen molar-refractivity contribution in [2.24, 2.45) is 0 Å². The van der Waals surface area contributed by atoms with Gasteiger partial charge in [-0.3, -0.25) is 0 Å². The van der Waals surface area contributed by atoms with Crippen LogP contribution in [0.5, 0.6) is 0 Å². The Kier molecular flexibility index (Phi) is 3.26. The van der Waals surface area contributed by atoms with Crippen molar-refractivity contribution >= 4 is 21.4 Å². The number of anilines is 2. The predicted molar refractivity (Wildman–Crippen MR) is 68.5 cm³/mol. The molecular weight excluding hydrogens is 238 g/mol. The Bertz CT molecular complexity index is 509. The summed E-state index contributed by atoms with van der Waals surface area (Å²) < 4.78 is 26.6. The normalized spacial score (nSPS) is 15.7. The van der Waals surface area contributed by atoms with Crippen molar-refractivity contribution in [1.82, 2.24) is 4.72 Å². The Morgan fingerprint density at radius 3 is 2.65 bits per heavy atom. The summed E-state index contributed by atoms with van der Waals surface area (Å²) in [6.45, 7) is 3.92. The second-order valence-corrected chi connectivity index (χ2v) is 5.80. The second kappa shape index (κ2) is 4.54. The molecule has 1 aliphatic heterocycles. The lowest BCUT2D eigenvalue weighted by Crippen LogP contribution is -2.38. The summed E-state index contributed by atoms with van der Waals surface area (Å²) in [7, 11) is -3.43. The summed E-state index contributed by atoms with van der Waals surface area (Å²) in [6.07, 6.45) is 1.09. The highest BCUT2D eigenvalue weighted by atomic mass is 32.2. The van der Waals surface area contributed by atoms with Gasteiger partial charge in [0, 0.05) is 25.3 Å². The molecule has 1 aliphatic rings. The minimum absolute atomic E-state index is 0.313. The van der Waals surface area contributed by atoms with Crippen molar-refractivity contribution in [3.8, 4) is 0 Å². The van der Waals surface area contributed by atoms with Gasteiger partial charge in [-0.25, -0.2) is 13.1 Å². The third kappa shape index (κ3) is 2.37. The maximum Gasteiger partial charge on any atom is 0.242 e. The molecule has 0 atom stereocenters. The molecule has 94 valence electrons. The number of nitrogens with zero attached hydrogens (tertiary/aromatic N) is 1. The van der Waals surface area contributed by atoms with Gasteiger partial charge >= 0.3 is 0 Å². The largest absolute Gasteiger partial charge is 0.399 e. The summed E-state index contributed by atoms with van der Waals surface area (Å²) in [5.74, 6) is 0. The number of sulfonamides is 1. The van der Waals surface area contributed by atoms with Gasteiger partial charge in [0.1, 0.15) is 4.90 Å². The van der Waals surface area contributed by atoms with Crippen LogP contribution in [0.25, 0.3) is 0 Å². The molecule has 0 radical (unpaired) electrons. The predicted octanol–water partition coefficient (Wildman–Crippen LogP) is 0.777. The zero-order chi connectivity index (χ0) is 12.5. The van der Waals surface area contributed by atoms with Crippen LogP contribution in [0.4, 0.5) is 11.4 Å². The highest BCUT2D eigenvalue weighted by molar-refractivity contribution is 7.89. The molecule has 1 heterocycles. The van der Waals surface area contributed by atoms with E-state index < -0.39 is 10.0 Å². The Balaban J connectivity index is 2.45. The second-order valence-electron chi connectivity index (χ2n) is 4.07. The molecule has 0 unspecified atom stereocenters. The smallest absolute Gasteiger partial charge is 0.242 e. The number of benzene rings is 1.